The van der Waals surface area contributed by atoms with Crippen molar-refractivity contribution in [2.24, 2.45) is 0 Å². The number of H-pyrrole nitrogens is 2. The normalized spacial score (nSPS) is 12.2. The molecule has 4 aromatic rings. The van der Waals surface area contributed by atoms with Gasteiger partial charge < -0.3 is 15.3 Å². The molecule has 0 bridgehead atoms. The van der Waals surface area contributed by atoms with Crippen molar-refractivity contribution in [3.05, 3.63) is 86.7 Å². The highest BCUT2D eigenvalue weighted by Crippen LogP contribution is 2.26. The Bertz CT molecular complexity index is 1150. The number of halogens is 1. The number of carbonyl (C=O) groups excluding carboxylic acids is 1. The molecular weight excluding hydrogens is 379 g/mol. The number of benzene rings is 2. The van der Waals surface area contributed by atoms with Gasteiger partial charge in [-0.25, -0.2) is 9.18 Å². The van der Waals surface area contributed by atoms with Crippen molar-refractivity contribution in [3.63, 3.8) is 0 Å². The largest absolute Gasteiger partial charge is 0.325 e. The zero-order valence-electron chi connectivity index (χ0n) is 14.7. The Hall–Kier alpha value is -3.23. The Morgan fingerprint density at radius 2 is 1.86 bits per heavy atom. The number of thiophene rings is 1. The van der Waals surface area contributed by atoms with Gasteiger partial charge in [-0.2, -0.15) is 0 Å². The van der Waals surface area contributed by atoms with Crippen molar-refractivity contribution in [2.45, 2.75) is 6.04 Å². The highest BCUT2D eigenvalue weighted by Gasteiger charge is 2.16. The number of hydrogen-bond donors (Lipinski definition) is 4. The summed E-state index contributed by atoms with van der Waals surface area (Å²) in [6.45, 7) is 0.0711. The van der Waals surface area contributed by atoms with Gasteiger partial charge in [0, 0.05) is 10.6 Å². The molecule has 6 nitrogen and oxygen atoms in total. The Labute approximate surface area is 163 Å². The van der Waals surface area contributed by atoms with Crippen LogP contribution in [0.2, 0.25) is 0 Å². The summed E-state index contributed by atoms with van der Waals surface area (Å²) in [6.07, 6.45) is 0. The Kier molecular flexibility index (Phi) is 5.05. The number of fused-ring (bicyclic) bond motifs is 1. The van der Waals surface area contributed by atoms with E-state index < -0.39 is 0 Å². The summed E-state index contributed by atoms with van der Waals surface area (Å²) in [5, 5.41) is 8.00. The molecule has 0 spiro atoms. The highest BCUT2D eigenvalue weighted by molar-refractivity contribution is 7.10. The zero-order valence-corrected chi connectivity index (χ0v) is 15.5. The quantitative estimate of drug-likeness (QED) is 0.403. The van der Waals surface area contributed by atoms with Crippen molar-refractivity contribution in [3.8, 4) is 0 Å². The van der Waals surface area contributed by atoms with Crippen LogP contribution >= 0.6 is 11.3 Å². The van der Waals surface area contributed by atoms with E-state index in [1.54, 1.807) is 41.7 Å². The minimum atomic E-state index is -0.301. The third-order valence-electron chi connectivity index (χ3n) is 4.30. The topological polar surface area (TPSA) is 89.8 Å². The van der Waals surface area contributed by atoms with Crippen LogP contribution < -0.4 is 16.3 Å². The lowest BCUT2D eigenvalue weighted by atomic mass is 10.1. The zero-order chi connectivity index (χ0) is 19.5. The molecule has 4 N–H and O–H groups in total. The van der Waals surface area contributed by atoms with E-state index in [4.69, 9.17) is 0 Å². The molecule has 0 radical (unpaired) electrons. The van der Waals surface area contributed by atoms with Gasteiger partial charge in [0.05, 0.1) is 23.6 Å². The van der Waals surface area contributed by atoms with Crippen molar-refractivity contribution in [1.82, 2.24) is 15.3 Å². The van der Waals surface area contributed by atoms with Crippen LogP contribution in [0.4, 0.5) is 10.1 Å². The standard InChI is InChI=1S/C20H17FN4O2S/c21-13-5-3-12(4-6-13)19(17-2-1-9-28-17)22-11-18(26)23-14-7-8-15-16(10-14)25-20(27)24-15/h1-10,19,22H,11H2,(H,23,26)(H2,24,25,27). The molecule has 0 fully saturated rings. The number of carbonyl (C=O) groups is 1. The number of aromatic nitrogens is 2. The third kappa shape index (κ3) is 4.03. The fourth-order valence-electron chi connectivity index (χ4n) is 3.00. The minimum absolute atomic E-state index is 0.0711. The van der Waals surface area contributed by atoms with Gasteiger partial charge in [-0.15, -0.1) is 11.3 Å². The first kappa shape index (κ1) is 18.1. The molecule has 1 unspecified atom stereocenters. The van der Waals surface area contributed by atoms with Crippen molar-refractivity contribution >= 4 is 34.0 Å². The predicted octanol–water partition coefficient (Wildman–Crippen LogP) is 3.37. The second-order valence-electron chi connectivity index (χ2n) is 6.27. The number of nitrogens with one attached hydrogen (secondary N) is 4. The fourth-order valence-corrected chi connectivity index (χ4v) is 3.83. The molecule has 2 heterocycles. The second-order valence-corrected chi connectivity index (χ2v) is 7.25. The molecule has 28 heavy (non-hydrogen) atoms. The summed E-state index contributed by atoms with van der Waals surface area (Å²) in [4.78, 5) is 30.1. The smallest absolute Gasteiger partial charge is 0.323 e. The van der Waals surface area contributed by atoms with E-state index in [1.165, 1.54) is 12.1 Å². The van der Waals surface area contributed by atoms with Crippen LogP contribution in [-0.2, 0) is 4.79 Å². The number of imidazole rings is 1. The average molecular weight is 396 g/mol. The molecule has 4 rings (SSSR count). The summed E-state index contributed by atoms with van der Waals surface area (Å²) in [5.74, 6) is -0.523. The van der Waals surface area contributed by atoms with Crippen LogP contribution in [0.25, 0.3) is 11.0 Å². The van der Waals surface area contributed by atoms with E-state index in [1.807, 2.05) is 17.5 Å². The lowest BCUT2D eigenvalue weighted by molar-refractivity contribution is -0.115. The van der Waals surface area contributed by atoms with Crippen LogP contribution in [0.3, 0.4) is 0 Å². The maximum absolute atomic E-state index is 13.3. The fraction of sp³-hybridized carbons (Fsp3) is 0.100. The number of amides is 1. The average Bonchev–Trinajstić information content (AvgIpc) is 3.32. The third-order valence-corrected chi connectivity index (χ3v) is 5.23. The van der Waals surface area contributed by atoms with Gasteiger partial charge >= 0.3 is 5.69 Å². The molecule has 142 valence electrons. The summed E-state index contributed by atoms with van der Waals surface area (Å²) in [5.41, 5.74) is 2.47. The highest BCUT2D eigenvalue weighted by atomic mass is 32.1. The van der Waals surface area contributed by atoms with Gasteiger partial charge in [-0.05, 0) is 47.3 Å². The van der Waals surface area contributed by atoms with E-state index in [9.17, 15) is 14.0 Å². The lowest BCUT2D eigenvalue weighted by Gasteiger charge is -2.18. The Morgan fingerprint density at radius 1 is 1.07 bits per heavy atom. The number of aromatic amines is 2. The monoisotopic (exact) mass is 396 g/mol. The number of hydrogen-bond acceptors (Lipinski definition) is 4. The SMILES string of the molecule is O=C(CNC(c1ccc(F)cc1)c1cccs1)Nc1ccc2[nH]c(=O)[nH]c2c1. The van der Waals surface area contributed by atoms with Crippen molar-refractivity contribution in [1.29, 1.82) is 0 Å². The molecule has 0 aliphatic rings. The van der Waals surface area contributed by atoms with Crippen LogP contribution in [0, 0.1) is 5.82 Å². The van der Waals surface area contributed by atoms with Crippen LogP contribution in [0.1, 0.15) is 16.5 Å². The van der Waals surface area contributed by atoms with Gasteiger partial charge in [0.25, 0.3) is 0 Å². The summed E-state index contributed by atoms with van der Waals surface area (Å²) >= 11 is 1.56. The van der Waals surface area contributed by atoms with Crippen LogP contribution in [-0.4, -0.2) is 22.4 Å². The van der Waals surface area contributed by atoms with Crippen molar-refractivity contribution in [2.75, 3.05) is 11.9 Å². The van der Waals surface area contributed by atoms with Gasteiger partial charge in [-0.1, -0.05) is 18.2 Å². The molecular formula is C20H17FN4O2S. The predicted molar refractivity (Wildman–Crippen MR) is 108 cm³/mol. The van der Waals surface area contributed by atoms with E-state index in [-0.39, 0.29) is 30.0 Å². The lowest BCUT2D eigenvalue weighted by Crippen LogP contribution is -2.31. The first-order valence-corrected chi connectivity index (χ1v) is 9.50. The molecule has 0 aliphatic carbocycles. The first-order chi connectivity index (χ1) is 13.6. The molecule has 0 aliphatic heterocycles. The van der Waals surface area contributed by atoms with E-state index in [0.717, 1.165) is 10.4 Å². The summed E-state index contributed by atoms with van der Waals surface area (Å²) < 4.78 is 13.3. The number of rotatable bonds is 6. The minimum Gasteiger partial charge on any atom is -0.325 e. The molecule has 8 heteroatoms. The van der Waals surface area contributed by atoms with Crippen molar-refractivity contribution < 1.29 is 9.18 Å². The van der Waals surface area contributed by atoms with Gasteiger partial charge in [0.15, 0.2) is 0 Å². The Morgan fingerprint density at radius 3 is 2.61 bits per heavy atom. The van der Waals surface area contributed by atoms with Gasteiger partial charge in [-0.3, -0.25) is 10.1 Å². The maximum Gasteiger partial charge on any atom is 0.323 e. The molecule has 0 saturated carbocycles. The molecule has 2 aromatic carbocycles. The molecule has 0 saturated heterocycles. The van der Waals surface area contributed by atoms with Gasteiger partial charge in [0.2, 0.25) is 5.91 Å². The van der Waals surface area contributed by atoms with E-state index in [2.05, 4.69) is 20.6 Å². The maximum atomic E-state index is 13.3. The van der Waals surface area contributed by atoms with Crippen LogP contribution in [0.5, 0.6) is 0 Å². The second kappa shape index (κ2) is 7.79. The van der Waals surface area contributed by atoms with E-state index in [0.29, 0.717) is 16.7 Å². The first-order valence-electron chi connectivity index (χ1n) is 8.62. The van der Waals surface area contributed by atoms with Crippen LogP contribution in [0.15, 0.2) is 64.8 Å². The summed E-state index contributed by atoms with van der Waals surface area (Å²) in [6, 6.07) is 15.1. The molecule has 1 atom stereocenters. The number of anilines is 1. The molecule has 2 aromatic heterocycles. The van der Waals surface area contributed by atoms with E-state index >= 15 is 0 Å². The molecule has 1 amide bonds. The summed E-state index contributed by atoms with van der Waals surface area (Å²) in [7, 11) is 0. The Balaban J connectivity index is 1.46. The van der Waals surface area contributed by atoms with Gasteiger partial charge in [0.1, 0.15) is 5.82 Å².